The predicted molar refractivity (Wildman–Crippen MR) is 159 cm³/mol. The van der Waals surface area contributed by atoms with Crippen LogP contribution in [0.15, 0.2) is 63.8 Å². The van der Waals surface area contributed by atoms with Gasteiger partial charge in [-0.25, -0.2) is 19.5 Å². The monoisotopic (exact) mass is 590 g/mol. The van der Waals surface area contributed by atoms with Gasteiger partial charge >= 0.3 is 12.1 Å². The molecular formula is C30H34N6O7. The van der Waals surface area contributed by atoms with Crippen molar-refractivity contribution in [2.45, 2.75) is 34.1 Å². The number of phenolic OH excluding ortho intramolecular Hbond substituents is 1. The van der Waals surface area contributed by atoms with E-state index in [1.165, 1.54) is 35.5 Å². The van der Waals surface area contributed by atoms with Crippen molar-refractivity contribution >= 4 is 41.7 Å². The molecule has 0 radical (unpaired) electrons. The Morgan fingerprint density at radius 3 is 2.44 bits per heavy atom. The van der Waals surface area contributed by atoms with Gasteiger partial charge in [0.15, 0.2) is 5.84 Å². The fraction of sp³-hybridized carbons (Fsp3) is 0.333. The number of hydrogen-bond donors (Lipinski definition) is 3. The van der Waals surface area contributed by atoms with Crippen LogP contribution in [0, 0.1) is 12.8 Å². The van der Waals surface area contributed by atoms with E-state index in [4.69, 9.17) is 9.47 Å². The molecule has 2 aromatic carbocycles. The number of phenols is 1. The molecule has 3 amide bonds. The largest absolute Gasteiger partial charge is 0.508 e. The van der Waals surface area contributed by atoms with Crippen molar-refractivity contribution in [3.63, 3.8) is 0 Å². The summed E-state index contributed by atoms with van der Waals surface area (Å²) in [5.74, 6) is -1.69. The van der Waals surface area contributed by atoms with Crippen molar-refractivity contribution < 1.29 is 33.8 Å². The van der Waals surface area contributed by atoms with Crippen LogP contribution in [0.2, 0.25) is 0 Å². The second-order valence-corrected chi connectivity index (χ2v) is 9.84. The van der Waals surface area contributed by atoms with Gasteiger partial charge in [-0.1, -0.05) is 13.0 Å². The third-order valence-corrected chi connectivity index (χ3v) is 6.88. The van der Waals surface area contributed by atoms with E-state index < -0.39 is 24.8 Å². The lowest BCUT2D eigenvalue weighted by Crippen LogP contribution is -2.43. The van der Waals surface area contributed by atoms with Gasteiger partial charge in [-0.3, -0.25) is 14.6 Å². The lowest BCUT2D eigenvalue weighted by atomic mass is 10.0. The minimum atomic E-state index is -0.942. The molecule has 2 heterocycles. The van der Waals surface area contributed by atoms with Gasteiger partial charge in [0.05, 0.1) is 23.7 Å². The molecule has 0 saturated carbocycles. The number of aliphatic imine (C=N–C) groups is 1. The standard InChI is InChI=1S/C30H34N6O7/c1-5-13-32-28(39)23-15-35-25(19(23)4)26(33-16-34-35)36(24-14-21(8-7-18(24)3)27(38)31-6-2)30(41)43-17-42-29(40)20-9-11-22(37)12-10-20/h7-12,14,16,23,37H,5-6,13,15,17H2,1-4H3,(H,31,38)(H,32,39). The van der Waals surface area contributed by atoms with Crippen molar-refractivity contribution in [3.8, 4) is 5.75 Å². The van der Waals surface area contributed by atoms with Gasteiger partial charge in [-0.15, -0.1) is 0 Å². The summed E-state index contributed by atoms with van der Waals surface area (Å²) in [5.41, 5.74) is 2.47. The highest BCUT2D eigenvalue weighted by Gasteiger charge is 2.41. The Labute approximate surface area is 248 Å². The number of carbonyl (C=O) groups is 4. The van der Waals surface area contributed by atoms with Gasteiger partial charge in [0.2, 0.25) is 12.7 Å². The molecule has 0 spiro atoms. The molecule has 0 saturated heterocycles. The van der Waals surface area contributed by atoms with Crippen molar-refractivity contribution in [2.75, 3.05) is 31.3 Å². The molecule has 2 aliphatic rings. The molecule has 0 fully saturated rings. The van der Waals surface area contributed by atoms with Crippen molar-refractivity contribution in [1.29, 1.82) is 0 Å². The SMILES string of the molecule is CCCNC(=O)C1CN2N=CN=C(N(C(=O)OCOC(=O)c3ccc(O)cc3)c3cc(C(=O)NCC)ccc3C)C2=C1C. The molecule has 1 atom stereocenters. The number of amidine groups is 1. The van der Waals surface area contributed by atoms with E-state index in [1.54, 1.807) is 44.0 Å². The number of carbonyl (C=O) groups excluding carboxylic acids is 4. The van der Waals surface area contributed by atoms with E-state index in [0.29, 0.717) is 41.2 Å². The third-order valence-electron chi connectivity index (χ3n) is 6.88. The Morgan fingerprint density at radius 2 is 1.74 bits per heavy atom. The number of amides is 3. The Kier molecular flexibility index (Phi) is 9.76. The van der Waals surface area contributed by atoms with Crippen LogP contribution in [-0.4, -0.2) is 72.6 Å². The minimum absolute atomic E-state index is 0.0173. The normalized spacial score (nSPS) is 15.4. The van der Waals surface area contributed by atoms with Crippen LogP contribution in [-0.2, 0) is 14.3 Å². The maximum Gasteiger partial charge on any atom is 0.423 e. The van der Waals surface area contributed by atoms with Crippen molar-refractivity contribution in [3.05, 3.63) is 70.4 Å². The van der Waals surface area contributed by atoms with Crippen LogP contribution >= 0.6 is 0 Å². The van der Waals surface area contributed by atoms with E-state index in [9.17, 15) is 24.3 Å². The molecule has 13 nitrogen and oxygen atoms in total. The summed E-state index contributed by atoms with van der Waals surface area (Å²) >= 11 is 0. The van der Waals surface area contributed by atoms with Gasteiger partial charge in [-0.05, 0) is 74.7 Å². The lowest BCUT2D eigenvalue weighted by Gasteiger charge is -2.30. The number of nitrogens with zero attached hydrogens (tertiary/aromatic N) is 4. The first-order valence-electron chi connectivity index (χ1n) is 13.8. The van der Waals surface area contributed by atoms with E-state index in [-0.39, 0.29) is 35.5 Å². The Hall–Kier alpha value is -5.20. The zero-order chi connectivity index (χ0) is 31.1. The second kappa shape index (κ2) is 13.6. The third kappa shape index (κ3) is 6.83. The number of hydrogen-bond acceptors (Lipinski definition) is 10. The fourth-order valence-electron chi connectivity index (χ4n) is 4.62. The maximum atomic E-state index is 13.7. The Balaban J connectivity index is 1.68. The van der Waals surface area contributed by atoms with Gasteiger partial charge in [-0.2, -0.15) is 5.10 Å². The average Bonchev–Trinajstić information content (AvgIpc) is 3.34. The molecular weight excluding hydrogens is 556 g/mol. The number of hydrazone groups is 1. The van der Waals surface area contributed by atoms with Crippen molar-refractivity contribution in [2.24, 2.45) is 16.0 Å². The molecule has 4 rings (SSSR count). The van der Waals surface area contributed by atoms with Gasteiger partial charge < -0.3 is 25.2 Å². The predicted octanol–water partition coefficient (Wildman–Crippen LogP) is 3.30. The van der Waals surface area contributed by atoms with Gasteiger partial charge in [0.25, 0.3) is 5.91 Å². The number of ether oxygens (including phenoxy) is 2. The zero-order valence-corrected chi connectivity index (χ0v) is 24.4. The van der Waals surface area contributed by atoms with E-state index >= 15 is 0 Å². The Bertz CT molecular complexity index is 1500. The molecule has 0 aromatic heterocycles. The molecule has 0 bridgehead atoms. The quantitative estimate of drug-likeness (QED) is 0.296. The van der Waals surface area contributed by atoms with Crippen LogP contribution in [0.1, 0.15) is 53.5 Å². The zero-order valence-electron chi connectivity index (χ0n) is 24.4. The van der Waals surface area contributed by atoms with Crippen LogP contribution in [0.5, 0.6) is 5.75 Å². The number of rotatable bonds is 9. The molecule has 43 heavy (non-hydrogen) atoms. The molecule has 1 unspecified atom stereocenters. The van der Waals surface area contributed by atoms with Gasteiger partial charge in [0.1, 0.15) is 17.8 Å². The minimum Gasteiger partial charge on any atom is -0.508 e. The van der Waals surface area contributed by atoms with E-state index in [0.717, 1.165) is 6.42 Å². The average molecular weight is 591 g/mol. The summed E-state index contributed by atoms with van der Waals surface area (Å²) in [6.45, 7) is 7.75. The summed E-state index contributed by atoms with van der Waals surface area (Å²) in [4.78, 5) is 57.4. The number of nitrogens with one attached hydrogen (secondary N) is 2. The highest BCUT2D eigenvalue weighted by molar-refractivity contribution is 6.24. The van der Waals surface area contributed by atoms with Gasteiger partial charge in [0, 0.05) is 18.7 Å². The van der Waals surface area contributed by atoms with E-state index in [1.807, 2.05) is 6.92 Å². The van der Waals surface area contributed by atoms with Crippen LogP contribution in [0.25, 0.3) is 0 Å². The highest BCUT2D eigenvalue weighted by Crippen LogP contribution is 2.34. The first kappa shape index (κ1) is 30.8. The molecule has 13 heteroatoms. The number of benzene rings is 2. The van der Waals surface area contributed by atoms with Crippen LogP contribution < -0.4 is 15.5 Å². The molecule has 226 valence electrons. The lowest BCUT2D eigenvalue weighted by molar-refractivity contribution is -0.123. The summed E-state index contributed by atoms with van der Waals surface area (Å²) in [6, 6.07) is 10.3. The number of esters is 1. The number of fused-ring (bicyclic) bond motifs is 1. The van der Waals surface area contributed by atoms with Crippen LogP contribution in [0.4, 0.5) is 10.5 Å². The second-order valence-electron chi connectivity index (χ2n) is 9.84. The summed E-state index contributed by atoms with van der Waals surface area (Å²) in [7, 11) is 0. The summed E-state index contributed by atoms with van der Waals surface area (Å²) in [6.07, 6.45) is 1.11. The number of aromatic hydroxyl groups is 1. The van der Waals surface area contributed by atoms with E-state index in [2.05, 4.69) is 20.7 Å². The smallest absolute Gasteiger partial charge is 0.423 e. The summed E-state index contributed by atoms with van der Waals surface area (Å²) in [5, 5.41) is 21.0. The first-order valence-corrected chi connectivity index (χ1v) is 13.8. The first-order chi connectivity index (χ1) is 20.7. The molecule has 2 aliphatic heterocycles. The molecule has 2 aromatic rings. The van der Waals surface area contributed by atoms with Crippen LogP contribution in [0.3, 0.4) is 0 Å². The topological polar surface area (TPSA) is 162 Å². The maximum absolute atomic E-state index is 13.7. The number of anilines is 1. The highest BCUT2D eigenvalue weighted by atomic mass is 16.7. The van der Waals surface area contributed by atoms with Crippen molar-refractivity contribution in [1.82, 2.24) is 15.6 Å². The number of aryl methyl sites for hydroxylation is 1. The molecule has 0 aliphatic carbocycles. The Morgan fingerprint density at radius 1 is 1.02 bits per heavy atom. The fourth-order valence-corrected chi connectivity index (χ4v) is 4.62. The molecule has 3 N–H and O–H groups in total. The summed E-state index contributed by atoms with van der Waals surface area (Å²) < 4.78 is 10.5.